The summed E-state index contributed by atoms with van der Waals surface area (Å²) in [4.78, 5) is 4.95. The summed E-state index contributed by atoms with van der Waals surface area (Å²) in [6.07, 6.45) is 1.54. The predicted octanol–water partition coefficient (Wildman–Crippen LogP) is 4.78. The Morgan fingerprint density at radius 3 is 2.53 bits per heavy atom. The number of halogens is 3. The third-order valence-electron chi connectivity index (χ3n) is 1.95. The van der Waals surface area contributed by atoms with Gasteiger partial charge in [0, 0.05) is 16.1 Å². The number of anilines is 1. The molecular weight excluding hydrogens is 299 g/mol. The Kier molecular flexibility index (Phi) is 4.05. The Hall–Kier alpha value is -0.610. The van der Waals surface area contributed by atoms with E-state index in [1.54, 1.807) is 30.5 Å². The van der Waals surface area contributed by atoms with Crippen molar-refractivity contribution in [1.82, 2.24) is 4.98 Å². The molecule has 2 aromatic rings. The molecule has 2 nitrogen and oxygen atoms in total. The van der Waals surface area contributed by atoms with Crippen LogP contribution in [0.2, 0.25) is 15.1 Å². The van der Waals surface area contributed by atoms with E-state index in [2.05, 4.69) is 4.98 Å². The molecule has 2 rings (SSSR count). The van der Waals surface area contributed by atoms with E-state index in [1.165, 1.54) is 11.8 Å². The fourth-order valence-electron chi connectivity index (χ4n) is 1.19. The van der Waals surface area contributed by atoms with Crippen LogP contribution >= 0.6 is 46.6 Å². The molecule has 0 spiro atoms. The molecule has 2 N–H and O–H groups in total. The first kappa shape index (κ1) is 12.8. The van der Waals surface area contributed by atoms with Crippen molar-refractivity contribution in [3.8, 4) is 0 Å². The Labute approximate surface area is 118 Å². The van der Waals surface area contributed by atoms with Crippen LogP contribution in [0.1, 0.15) is 0 Å². The zero-order valence-electron chi connectivity index (χ0n) is 8.45. The number of nitrogens with zero attached hydrogens (tertiary/aromatic N) is 1. The fraction of sp³-hybridized carbons (Fsp3) is 0. The lowest BCUT2D eigenvalue weighted by molar-refractivity contribution is 1.14. The van der Waals surface area contributed by atoms with Crippen molar-refractivity contribution in [2.24, 2.45) is 0 Å². The standard InChI is InChI=1S/C11H7Cl3N2S/c12-6-1-2-8(14)10(4-6)17-11-9(15)3-7(13)5-16-11/h1-5H,15H2. The monoisotopic (exact) mass is 304 g/mol. The SMILES string of the molecule is Nc1cc(Cl)cnc1Sc1cc(Cl)ccc1Cl. The second kappa shape index (κ2) is 5.36. The molecule has 17 heavy (non-hydrogen) atoms. The molecule has 0 aliphatic carbocycles. The Morgan fingerprint density at radius 1 is 1.06 bits per heavy atom. The van der Waals surface area contributed by atoms with Crippen molar-refractivity contribution in [2.75, 3.05) is 5.73 Å². The van der Waals surface area contributed by atoms with E-state index in [0.717, 1.165) is 4.90 Å². The first-order valence-electron chi connectivity index (χ1n) is 4.60. The van der Waals surface area contributed by atoms with Gasteiger partial charge in [-0.05, 0) is 24.3 Å². The summed E-state index contributed by atoms with van der Waals surface area (Å²) in [6, 6.07) is 6.88. The molecule has 1 aromatic carbocycles. The normalized spacial score (nSPS) is 10.5. The molecule has 0 atom stereocenters. The Morgan fingerprint density at radius 2 is 1.82 bits per heavy atom. The molecule has 1 heterocycles. The predicted molar refractivity (Wildman–Crippen MR) is 74.2 cm³/mol. The van der Waals surface area contributed by atoms with Gasteiger partial charge in [0.15, 0.2) is 0 Å². The molecule has 6 heteroatoms. The number of pyridine rings is 1. The van der Waals surface area contributed by atoms with Crippen LogP contribution in [0.25, 0.3) is 0 Å². The van der Waals surface area contributed by atoms with Gasteiger partial charge < -0.3 is 5.73 Å². The van der Waals surface area contributed by atoms with Gasteiger partial charge in [-0.3, -0.25) is 0 Å². The van der Waals surface area contributed by atoms with Crippen molar-refractivity contribution >= 4 is 52.3 Å². The molecule has 88 valence electrons. The highest BCUT2D eigenvalue weighted by atomic mass is 35.5. The van der Waals surface area contributed by atoms with Crippen LogP contribution < -0.4 is 5.73 Å². The minimum Gasteiger partial charge on any atom is -0.396 e. The summed E-state index contributed by atoms with van der Waals surface area (Å²) in [5.41, 5.74) is 6.33. The van der Waals surface area contributed by atoms with Crippen LogP contribution in [0.15, 0.2) is 40.4 Å². The lowest BCUT2D eigenvalue weighted by atomic mass is 10.4. The van der Waals surface area contributed by atoms with Crippen molar-refractivity contribution < 1.29 is 0 Å². The van der Waals surface area contributed by atoms with Gasteiger partial charge in [0.2, 0.25) is 0 Å². The van der Waals surface area contributed by atoms with Gasteiger partial charge in [-0.15, -0.1) is 0 Å². The van der Waals surface area contributed by atoms with E-state index in [1.807, 2.05) is 0 Å². The summed E-state index contributed by atoms with van der Waals surface area (Å²) in [7, 11) is 0. The molecule has 0 saturated carbocycles. The average molecular weight is 306 g/mol. The molecular formula is C11H7Cl3N2S. The largest absolute Gasteiger partial charge is 0.396 e. The highest BCUT2D eigenvalue weighted by molar-refractivity contribution is 7.99. The number of hydrogen-bond acceptors (Lipinski definition) is 3. The molecule has 0 radical (unpaired) electrons. The molecule has 0 aliphatic rings. The second-order valence-electron chi connectivity index (χ2n) is 3.22. The molecule has 0 aliphatic heterocycles. The van der Waals surface area contributed by atoms with Crippen molar-refractivity contribution in [2.45, 2.75) is 9.92 Å². The van der Waals surface area contributed by atoms with Crippen LogP contribution in [0.4, 0.5) is 5.69 Å². The maximum atomic E-state index is 6.06. The van der Waals surface area contributed by atoms with E-state index in [-0.39, 0.29) is 0 Å². The minimum atomic E-state index is 0.504. The van der Waals surface area contributed by atoms with Crippen LogP contribution in [0, 0.1) is 0 Å². The van der Waals surface area contributed by atoms with Gasteiger partial charge in [-0.25, -0.2) is 4.98 Å². The van der Waals surface area contributed by atoms with Crippen molar-refractivity contribution in [3.63, 3.8) is 0 Å². The third-order valence-corrected chi connectivity index (χ3v) is 3.92. The number of aromatic nitrogens is 1. The number of nitrogens with two attached hydrogens (primary N) is 1. The van der Waals surface area contributed by atoms with E-state index in [0.29, 0.717) is 25.8 Å². The number of benzene rings is 1. The summed E-state index contributed by atoms with van der Waals surface area (Å²) in [5, 5.41) is 2.38. The Bertz CT molecular complexity index is 560. The molecule has 1 aromatic heterocycles. The first-order valence-corrected chi connectivity index (χ1v) is 6.55. The second-order valence-corrected chi connectivity index (χ2v) is 5.54. The third kappa shape index (κ3) is 3.19. The van der Waals surface area contributed by atoms with Gasteiger partial charge in [0.1, 0.15) is 5.03 Å². The van der Waals surface area contributed by atoms with E-state index < -0.39 is 0 Å². The minimum absolute atomic E-state index is 0.504. The van der Waals surface area contributed by atoms with E-state index in [9.17, 15) is 0 Å². The van der Waals surface area contributed by atoms with Gasteiger partial charge in [0.25, 0.3) is 0 Å². The zero-order chi connectivity index (χ0) is 12.4. The molecule has 0 amide bonds. The van der Waals surface area contributed by atoms with Crippen molar-refractivity contribution in [1.29, 1.82) is 0 Å². The summed E-state index contributed by atoms with van der Waals surface area (Å²) < 4.78 is 0. The molecule has 0 fully saturated rings. The quantitative estimate of drug-likeness (QED) is 0.868. The number of hydrogen-bond donors (Lipinski definition) is 1. The van der Waals surface area contributed by atoms with E-state index >= 15 is 0 Å². The topological polar surface area (TPSA) is 38.9 Å². The van der Waals surface area contributed by atoms with E-state index in [4.69, 9.17) is 40.5 Å². The van der Waals surface area contributed by atoms with Crippen LogP contribution in [-0.4, -0.2) is 4.98 Å². The maximum Gasteiger partial charge on any atom is 0.124 e. The summed E-state index contributed by atoms with van der Waals surface area (Å²) in [6.45, 7) is 0. The molecule has 0 saturated heterocycles. The maximum absolute atomic E-state index is 6.06. The lowest BCUT2D eigenvalue weighted by Gasteiger charge is -2.06. The lowest BCUT2D eigenvalue weighted by Crippen LogP contribution is -1.91. The summed E-state index contributed by atoms with van der Waals surface area (Å²) in [5.74, 6) is 0. The fourth-order valence-corrected chi connectivity index (χ4v) is 2.67. The number of nitrogen functional groups attached to an aromatic ring is 1. The van der Waals surface area contributed by atoms with Crippen molar-refractivity contribution in [3.05, 3.63) is 45.5 Å². The average Bonchev–Trinajstić information content (AvgIpc) is 2.27. The smallest absolute Gasteiger partial charge is 0.124 e. The summed E-state index contributed by atoms with van der Waals surface area (Å²) >= 11 is 19.1. The highest BCUT2D eigenvalue weighted by Gasteiger charge is 2.08. The van der Waals surface area contributed by atoms with Gasteiger partial charge >= 0.3 is 0 Å². The van der Waals surface area contributed by atoms with Crippen LogP contribution in [0.5, 0.6) is 0 Å². The highest BCUT2D eigenvalue weighted by Crippen LogP contribution is 2.36. The Balaban J connectivity index is 2.34. The van der Waals surface area contributed by atoms with Crippen LogP contribution in [0.3, 0.4) is 0 Å². The zero-order valence-corrected chi connectivity index (χ0v) is 11.5. The van der Waals surface area contributed by atoms with Gasteiger partial charge in [-0.2, -0.15) is 0 Å². The number of rotatable bonds is 2. The van der Waals surface area contributed by atoms with Gasteiger partial charge in [-0.1, -0.05) is 46.6 Å². The van der Waals surface area contributed by atoms with Crippen LogP contribution in [-0.2, 0) is 0 Å². The first-order chi connectivity index (χ1) is 8.06. The molecule has 0 unspecified atom stereocenters. The van der Waals surface area contributed by atoms with Gasteiger partial charge in [0.05, 0.1) is 15.7 Å². The molecule has 0 bridgehead atoms.